The Morgan fingerprint density at radius 3 is 2.58 bits per heavy atom. The lowest BCUT2D eigenvalue weighted by atomic mass is 9.84. The maximum Gasteiger partial charge on any atom is 0.171 e. The molecule has 0 amide bonds. The van der Waals surface area contributed by atoms with Gasteiger partial charge in [0, 0.05) is 26.1 Å². The number of nitrogens with zero attached hydrogens (tertiary/aromatic N) is 1. The lowest BCUT2D eigenvalue weighted by Crippen LogP contribution is -2.36. The van der Waals surface area contributed by atoms with E-state index in [9.17, 15) is 0 Å². The Morgan fingerprint density at radius 1 is 1.04 bits per heavy atom. The fourth-order valence-corrected chi connectivity index (χ4v) is 3.86. The molecule has 2 heterocycles. The van der Waals surface area contributed by atoms with Crippen molar-refractivity contribution in [3.63, 3.8) is 0 Å². The predicted octanol–water partition coefficient (Wildman–Crippen LogP) is 3.90. The molecule has 1 atom stereocenters. The Bertz CT molecular complexity index is 686. The smallest absolute Gasteiger partial charge is 0.171 e. The van der Waals surface area contributed by atoms with Crippen LogP contribution in [0.5, 0.6) is 0 Å². The van der Waals surface area contributed by atoms with Crippen LogP contribution in [0.1, 0.15) is 30.4 Å². The zero-order chi connectivity index (χ0) is 17.7. The quantitative estimate of drug-likeness (QED) is 0.803. The molecule has 1 fully saturated rings. The van der Waals surface area contributed by atoms with Crippen LogP contribution in [0.2, 0.25) is 0 Å². The van der Waals surface area contributed by atoms with Gasteiger partial charge in [0.2, 0.25) is 0 Å². The first-order chi connectivity index (χ1) is 12.8. The zero-order valence-electron chi connectivity index (χ0n) is 15.2. The van der Waals surface area contributed by atoms with Crippen molar-refractivity contribution in [1.29, 1.82) is 0 Å². The van der Waals surface area contributed by atoms with E-state index in [1.54, 1.807) is 12.5 Å². The first-order valence-corrected chi connectivity index (χ1v) is 9.53. The molecule has 1 saturated heterocycles. The summed E-state index contributed by atoms with van der Waals surface area (Å²) < 4.78 is 17.2. The van der Waals surface area contributed by atoms with E-state index < -0.39 is 5.60 Å². The van der Waals surface area contributed by atoms with Crippen LogP contribution in [-0.2, 0) is 26.4 Å². The van der Waals surface area contributed by atoms with E-state index in [0.29, 0.717) is 6.61 Å². The van der Waals surface area contributed by atoms with Crippen molar-refractivity contribution in [3.8, 4) is 0 Å². The standard InChI is InChI=1S/C22H27NO3/c1-2-4-19(5-3-1)16-22(18-25-14-15-26-22)21-8-6-20(7-9-21)17-23-10-12-24-13-11-23/h1-2,4,6-9,14-15H,3,5,10-13,16-18H2. The van der Waals surface area contributed by atoms with E-state index in [2.05, 4.69) is 47.4 Å². The molecule has 4 heteroatoms. The molecule has 1 aromatic carbocycles. The van der Waals surface area contributed by atoms with Crippen LogP contribution in [0.25, 0.3) is 0 Å². The van der Waals surface area contributed by atoms with Crippen LogP contribution in [0.3, 0.4) is 0 Å². The van der Waals surface area contributed by atoms with Crippen molar-refractivity contribution in [3.05, 3.63) is 71.7 Å². The van der Waals surface area contributed by atoms with Gasteiger partial charge >= 0.3 is 0 Å². The Morgan fingerprint density at radius 2 is 1.88 bits per heavy atom. The molecule has 0 radical (unpaired) electrons. The van der Waals surface area contributed by atoms with Gasteiger partial charge < -0.3 is 14.2 Å². The van der Waals surface area contributed by atoms with Gasteiger partial charge in [-0.3, -0.25) is 4.90 Å². The maximum absolute atomic E-state index is 6.15. The summed E-state index contributed by atoms with van der Waals surface area (Å²) in [4.78, 5) is 2.44. The molecule has 1 aromatic rings. The van der Waals surface area contributed by atoms with E-state index in [0.717, 1.165) is 52.1 Å². The van der Waals surface area contributed by atoms with Crippen molar-refractivity contribution in [1.82, 2.24) is 4.90 Å². The minimum atomic E-state index is -0.427. The molecule has 3 aliphatic rings. The fraction of sp³-hybridized carbons (Fsp3) is 0.455. The summed E-state index contributed by atoms with van der Waals surface area (Å²) in [6, 6.07) is 8.86. The minimum Gasteiger partial charge on any atom is -0.493 e. The normalized spacial score (nSPS) is 26.1. The Labute approximate surface area is 155 Å². The van der Waals surface area contributed by atoms with E-state index in [-0.39, 0.29) is 0 Å². The lowest BCUT2D eigenvalue weighted by molar-refractivity contribution is -0.0636. The van der Waals surface area contributed by atoms with Gasteiger partial charge in [-0.2, -0.15) is 0 Å². The monoisotopic (exact) mass is 353 g/mol. The molecule has 4 rings (SSSR count). The first-order valence-electron chi connectivity index (χ1n) is 9.53. The summed E-state index contributed by atoms with van der Waals surface area (Å²) in [6.45, 7) is 5.21. The number of allylic oxidation sites excluding steroid dienone is 3. The van der Waals surface area contributed by atoms with Crippen molar-refractivity contribution in [2.45, 2.75) is 31.4 Å². The Kier molecular flexibility index (Phi) is 5.42. The Balaban J connectivity index is 1.50. The zero-order valence-corrected chi connectivity index (χ0v) is 15.2. The summed E-state index contributed by atoms with van der Waals surface area (Å²) in [5.41, 5.74) is 3.51. The van der Waals surface area contributed by atoms with Gasteiger partial charge in [-0.25, -0.2) is 0 Å². The molecule has 1 aliphatic carbocycles. The van der Waals surface area contributed by atoms with Crippen LogP contribution in [-0.4, -0.2) is 37.8 Å². The second kappa shape index (κ2) is 8.11. The number of morpholine rings is 1. The molecule has 0 saturated carbocycles. The number of ether oxygens (including phenoxy) is 3. The molecule has 2 aliphatic heterocycles. The second-order valence-corrected chi connectivity index (χ2v) is 7.25. The highest BCUT2D eigenvalue weighted by Crippen LogP contribution is 2.37. The number of rotatable bonds is 5. The molecule has 138 valence electrons. The van der Waals surface area contributed by atoms with Crippen molar-refractivity contribution in [2.24, 2.45) is 0 Å². The third-order valence-electron chi connectivity index (χ3n) is 5.36. The van der Waals surface area contributed by atoms with Gasteiger partial charge in [-0.05, 0) is 24.0 Å². The van der Waals surface area contributed by atoms with E-state index in [1.165, 1.54) is 16.7 Å². The van der Waals surface area contributed by atoms with Crippen LogP contribution in [0, 0.1) is 0 Å². The topological polar surface area (TPSA) is 30.9 Å². The van der Waals surface area contributed by atoms with Crippen LogP contribution in [0.15, 0.2) is 60.6 Å². The molecule has 26 heavy (non-hydrogen) atoms. The van der Waals surface area contributed by atoms with Gasteiger partial charge in [0.15, 0.2) is 5.60 Å². The lowest BCUT2D eigenvalue weighted by Gasteiger charge is -2.36. The van der Waals surface area contributed by atoms with Gasteiger partial charge in [0.25, 0.3) is 0 Å². The SMILES string of the molecule is C1=CCCC(CC2(c3ccc(CN4CCOCC4)cc3)COC=CO2)=C1. The van der Waals surface area contributed by atoms with Crippen LogP contribution < -0.4 is 0 Å². The molecular formula is C22H27NO3. The molecule has 0 bridgehead atoms. The minimum absolute atomic E-state index is 0.427. The first kappa shape index (κ1) is 17.4. The molecule has 1 unspecified atom stereocenters. The summed E-state index contributed by atoms with van der Waals surface area (Å²) in [6.07, 6.45) is 13.0. The van der Waals surface area contributed by atoms with E-state index in [4.69, 9.17) is 14.2 Å². The third kappa shape index (κ3) is 4.02. The van der Waals surface area contributed by atoms with Crippen molar-refractivity contribution >= 4 is 0 Å². The highest BCUT2D eigenvalue weighted by molar-refractivity contribution is 5.31. The molecule has 0 aromatic heterocycles. The maximum atomic E-state index is 6.15. The van der Waals surface area contributed by atoms with Crippen LogP contribution in [0.4, 0.5) is 0 Å². The second-order valence-electron chi connectivity index (χ2n) is 7.25. The molecule has 0 N–H and O–H groups in total. The van der Waals surface area contributed by atoms with Gasteiger partial charge in [-0.15, -0.1) is 0 Å². The van der Waals surface area contributed by atoms with Gasteiger partial charge in [0.05, 0.1) is 13.2 Å². The third-order valence-corrected chi connectivity index (χ3v) is 5.36. The highest BCUT2D eigenvalue weighted by atomic mass is 16.6. The van der Waals surface area contributed by atoms with Gasteiger partial charge in [-0.1, -0.05) is 48.1 Å². The van der Waals surface area contributed by atoms with Crippen molar-refractivity contribution < 1.29 is 14.2 Å². The average molecular weight is 353 g/mol. The number of hydrogen-bond donors (Lipinski definition) is 0. The number of hydrogen-bond acceptors (Lipinski definition) is 4. The van der Waals surface area contributed by atoms with E-state index >= 15 is 0 Å². The molecule has 0 spiro atoms. The molecule has 4 nitrogen and oxygen atoms in total. The van der Waals surface area contributed by atoms with Crippen molar-refractivity contribution in [2.75, 3.05) is 32.9 Å². The fourth-order valence-electron chi connectivity index (χ4n) is 3.86. The summed E-state index contributed by atoms with van der Waals surface area (Å²) >= 11 is 0. The van der Waals surface area contributed by atoms with Crippen LogP contribution >= 0.6 is 0 Å². The predicted molar refractivity (Wildman–Crippen MR) is 101 cm³/mol. The average Bonchev–Trinajstić information content (AvgIpc) is 2.71. The van der Waals surface area contributed by atoms with E-state index in [1.807, 2.05) is 0 Å². The Hall–Kier alpha value is -2.04. The summed E-state index contributed by atoms with van der Waals surface area (Å²) in [5, 5.41) is 0. The van der Waals surface area contributed by atoms with Gasteiger partial charge in [0.1, 0.15) is 19.1 Å². The number of benzene rings is 1. The summed E-state index contributed by atoms with van der Waals surface area (Å²) in [5.74, 6) is 0. The summed E-state index contributed by atoms with van der Waals surface area (Å²) in [7, 11) is 0. The largest absolute Gasteiger partial charge is 0.493 e. The highest BCUT2D eigenvalue weighted by Gasteiger charge is 2.37. The molecular weight excluding hydrogens is 326 g/mol.